The van der Waals surface area contributed by atoms with Crippen molar-refractivity contribution in [2.24, 2.45) is 17.6 Å². The number of rotatable bonds is 10. The van der Waals surface area contributed by atoms with Crippen molar-refractivity contribution >= 4 is 32.5 Å². The highest BCUT2D eigenvalue weighted by Crippen LogP contribution is 2.26. The van der Waals surface area contributed by atoms with Gasteiger partial charge in [-0.15, -0.1) is 0 Å². The van der Waals surface area contributed by atoms with Crippen LogP contribution in [0.4, 0.5) is 0 Å². The summed E-state index contributed by atoms with van der Waals surface area (Å²) in [6, 6.07) is 22.1. The fourth-order valence-corrected chi connectivity index (χ4v) is 7.88. The largest absolute Gasteiger partial charge is 0.480 e. The van der Waals surface area contributed by atoms with Gasteiger partial charge in [0.2, 0.25) is 5.91 Å². The van der Waals surface area contributed by atoms with Gasteiger partial charge in [-0.3, -0.25) is 9.59 Å². The number of hydrogen-bond donors (Lipinski definition) is 5. The summed E-state index contributed by atoms with van der Waals surface area (Å²) in [6.45, 7) is 4.63. The Bertz CT molecular complexity index is 1490. The maximum atomic E-state index is 13.2. The van der Waals surface area contributed by atoms with E-state index in [1.165, 1.54) is 0 Å². The van der Waals surface area contributed by atoms with Gasteiger partial charge in [0, 0.05) is 6.54 Å². The number of amides is 1. The zero-order chi connectivity index (χ0) is 31.6. The van der Waals surface area contributed by atoms with Crippen LogP contribution < -0.4 is 21.7 Å². The van der Waals surface area contributed by atoms with Crippen LogP contribution >= 0.6 is 0 Å². The minimum atomic E-state index is -3.45. The topological polar surface area (TPSA) is 151 Å². The molecule has 2 fully saturated rings. The Morgan fingerprint density at radius 1 is 1.00 bits per heavy atom. The van der Waals surface area contributed by atoms with Gasteiger partial charge in [-0.2, -0.15) is 0 Å². The van der Waals surface area contributed by atoms with Gasteiger partial charge in [0.05, 0.1) is 16.7 Å². The fourth-order valence-electron chi connectivity index (χ4n) is 6.10. The first-order valence-corrected chi connectivity index (χ1v) is 17.3. The van der Waals surface area contributed by atoms with Crippen LogP contribution in [0.25, 0.3) is 10.8 Å². The van der Waals surface area contributed by atoms with E-state index < -0.39 is 27.4 Å². The van der Waals surface area contributed by atoms with Crippen molar-refractivity contribution in [1.82, 2.24) is 16.0 Å². The van der Waals surface area contributed by atoms with Crippen LogP contribution in [0.1, 0.15) is 44.6 Å². The molecule has 3 aromatic rings. The van der Waals surface area contributed by atoms with Crippen molar-refractivity contribution in [2.75, 3.05) is 31.9 Å². The van der Waals surface area contributed by atoms with Crippen LogP contribution in [-0.2, 0) is 25.8 Å². The number of carbonyl (C=O) groups is 2. The number of sulfone groups is 1. The molecule has 2 saturated heterocycles. The van der Waals surface area contributed by atoms with E-state index in [1.807, 2.05) is 67.6 Å². The van der Waals surface area contributed by atoms with E-state index in [1.54, 1.807) is 12.1 Å². The summed E-state index contributed by atoms with van der Waals surface area (Å²) in [7, 11) is -3.45. The van der Waals surface area contributed by atoms with Gasteiger partial charge in [-0.1, -0.05) is 67.6 Å². The molecule has 3 aromatic carbocycles. The Labute approximate surface area is 260 Å². The van der Waals surface area contributed by atoms with Crippen molar-refractivity contribution < 1.29 is 23.1 Å². The van der Waals surface area contributed by atoms with Gasteiger partial charge in [0.25, 0.3) is 0 Å². The van der Waals surface area contributed by atoms with E-state index in [-0.39, 0.29) is 23.5 Å². The van der Waals surface area contributed by atoms with Gasteiger partial charge in [0.15, 0.2) is 9.84 Å². The first-order valence-electron chi connectivity index (χ1n) is 15.6. The zero-order valence-corrected chi connectivity index (χ0v) is 26.3. The number of aliphatic carboxylic acids is 1. The van der Waals surface area contributed by atoms with E-state index in [0.29, 0.717) is 30.8 Å². The quantitative estimate of drug-likeness (QED) is 0.231. The number of carboxylic acids is 1. The summed E-state index contributed by atoms with van der Waals surface area (Å²) in [5, 5.41) is 20.2. The lowest BCUT2D eigenvalue weighted by Gasteiger charge is -2.33. The molecule has 2 aliphatic heterocycles. The molecule has 238 valence electrons. The summed E-state index contributed by atoms with van der Waals surface area (Å²) in [5.41, 5.74) is 6.50. The number of piperidine rings is 2. The predicted molar refractivity (Wildman–Crippen MR) is 174 cm³/mol. The highest BCUT2D eigenvalue weighted by Gasteiger charge is 2.37. The zero-order valence-electron chi connectivity index (χ0n) is 25.5. The van der Waals surface area contributed by atoms with Gasteiger partial charge in [-0.05, 0) is 98.5 Å². The molecular weight excluding hydrogens is 576 g/mol. The molecule has 0 bridgehead atoms. The molecular formula is C34H46N4O5S. The second-order valence-electron chi connectivity index (χ2n) is 12.0. The number of carbonyl (C=O) groups excluding carboxylic acids is 1. The Balaban J connectivity index is 0.000000339. The van der Waals surface area contributed by atoms with Crippen molar-refractivity contribution in [3.63, 3.8) is 0 Å². The lowest BCUT2D eigenvalue weighted by atomic mass is 9.87. The molecule has 5 rings (SSSR count). The molecule has 10 heteroatoms. The molecule has 0 aromatic heterocycles. The van der Waals surface area contributed by atoms with E-state index in [4.69, 9.17) is 10.8 Å². The number of nitrogens with one attached hydrogen (secondary N) is 3. The third kappa shape index (κ3) is 8.88. The maximum absolute atomic E-state index is 13.2. The van der Waals surface area contributed by atoms with E-state index >= 15 is 0 Å². The summed E-state index contributed by atoms with van der Waals surface area (Å²) < 4.78 is 26.4. The lowest BCUT2D eigenvalue weighted by Crippen LogP contribution is -2.54. The molecule has 3 unspecified atom stereocenters. The average Bonchev–Trinajstić information content (AvgIpc) is 3.04. The number of fused-ring (bicyclic) bond motifs is 1. The number of hydrogen-bond acceptors (Lipinski definition) is 7. The van der Waals surface area contributed by atoms with Crippen molar-refractivity contribution in [3.8, 4) is 0 Å². The summed E-state index contributed by atoms with van der Waals surface area (Å²) in [4.78, 5) is 23.8. The third-order valence-electron chi connectivity index (χ3n) is 8.96. The summed E-state index contributed by atoms with van der Waals surface area (Å²) >= 11 is 0. The Morgan fingerprint density at radius 3 is 2.39 bits per heavy atom. The van der Waals surface area contributed by atoms with Gasteiger partial charge >= 0.3 is 5.97 Å². The standard InChI is InChI=1S/C26H31N3O3S.C8H15NO2/c27-25(14-19-6-2-1-3-7-19)26(30)29-17-23-16-28-13-12-22(23)18-33(31,32)24-11-10-20-8-4-5-9-21(20)15-24;1-2-8(7(10)11)5-3-4-6-9-8/h1-11,15,22-23,25,28H,12-14,16-18,27H2,(H,29,30);9H,2-6H2,1H3,(H,10,11)/t22?,23?,25-;/m0./s1. The number of carboxylic acid groups (broad SMARTS) is 1. The van der Waals surface area contributed by atoms with Crippen molar-refractivity contribution in [1.29, 1.82) is 0 Å². The Hall–Kier alpha value is -3.31. The molecule has 1 amide bonds. The molecule has 0 radical (unpaired) electrons. The smallest absolute Gasteiger partial charge is 0.323 e. The normalized spacial score (nSPS) is 22.8. The van der Waals surface area contributed by atoms with Gasteiger partial charge < -0.3 is 26.8 Å². The van der Waals surface area contributed by atoms with Crippen LogP contribution in [-0.4, -0.2) is 68.9 Å². The van der Waals surface area contributed by atoms with E-state index in [2.05, 4.69) is 16.0 Å². The highest BCUT2D eigenvalue weighted by molar-refractivity contribution is 7.91. The van der Waals surface area contributed by atoms with Crippen LogP contribution in [0.2, 0.25) is 0 Å². The first kappa shape index (κ1) is 33.6. The highest BCUT2D eigenvalue weighted by atomic mass is 32.2. The van der Waals surface area contributed by atoms with Gasteiger partial charge in [-0.25, -0.2) is 8.42 Å². The summed E-state index contributed by atoms with van der Waals surface area (Å²) in [5.74, 6) is -0.834. The SMILES string of the molecule is CCC1(C(=O)O)CCCCN1.N[C@@H](Cc1ccccc1)C(=O)NCC1CNCCC1CS(=O)(=O)c1ccc2ccccc2c1. The summed E-state index contributed by atoms with van der Waals surface area (Å²) in [6.07, 6.45) is 4.82. The second kappa shape index (κ2) is 15.6. The molecule has 2 heterocycles. The fraction of sp³-hybridized carbons (Fsp3) is 0.471. The Kier molecular flexibility index (Phi) is 11.9. The average molecular weight is 623 g/mol. The second-order valence-corrected chi connectivity index (χ2v) is 14.0. The van der Waals surface area contributed by atoms with Gasteiger partial charge in [0.1, 0.15) is 5.54 Å². The van der Waals surface area contributed by atoms with E-state index in [0.717, 1.165) is 55.1 Å². The molecule has 2 aliphatic rings. The van der Waals surface area contributed by atoms with Crippen LogP contribution in [0.5, 0.6) is 0 Å². The number of nitrogens with two attached hydrogens (primary N) is 1. The minimum absolute atomic E-state index is 0.0295. The van der Waals surface area contributed by atoms with Crippen LogP contribution in [0.15, 0.2) is 77.7 Å². The molecule has 0 aliphatic carbocycles. The van der Waals surface area contributed by atoms with Crippen LogP contribution in [0.3, 0.4) is 0 Å². The molecule has 4 atom stereocenters. The molecule has 0 saturated carbocycles. The minimum Gasteiger partial charge on any atom is -0.480 e. The molecule has 44 heavy (non-hydrogen) atoms. The first-order chi connectivity index (χ1) is 21.1. The van der Waals surface area contributed by atoms with E-state index in [9.17, 15) is 18.0 Å². The lowest BCUT2D eigenvalue weighted by molar-refractivity contribution is -0.146. The monoisotopic (exact) mass is 622 g/mol. The van der Waals surface area contributed by atoms with Crippen LogP contribution in [0, 0.1) is 11.8 Å². The maximum Gasteiger partial charge on any atom is 0.323 e. The van der Waals surface area contributed by atoms with Crippen molar-refractivity contribution in [2.45, 2.75) is 61.9 Å². The molecule has 9 nitrogen and oxygen atoms in total. The Morgan fingerprint density at radius 2 is 1.73 bits per heavy atom. The number of benzene rings is 3. The third-order valence-corrected chi connectivity index (χ3v) is 10.8. The van der Waals surface area contributed by atoms with Crippen molar-refractivity contribution in [3.05, 3.63) is 78.4 Å². The predicted octanol–water partition coefficient (Wildman–Crippen LogP) is 3.52. The molecule has 6 N–H and O–H groups in total. The molecule has 0 spiro atoms.